The number of hydrogen-bond acceptors (Lipinski definition) is 2. The monoisotopic (exact) mass is 272 g/mol. The zero-order chi connectivity index (χ0) is 13.9. The maximum Gasteiger partial charge on any atom is 0.226 e. The van der Waals surface area contributed by atoms with Gasteiger partial charge in [-0.05, 0) is 51.3 Å². The van der Waals surface area contributed by atoms with Gasteiger partial charge in [0.25, 0.3) is 0 Å². The zero-order valence-electron chi connectivity index (χ0n) is 12.3. The summed E-state index contributed by atoms with van der Waals surface area (Å²) in [4.78, 5) is 14.9. The molecule has 3 heteroatoms. The quantitative estimate of drug-likeness (QED) is 0.913. The SMILES string of the molecule is Cc1ccc(CN(C(=O)C2CCNCC2)C2CC2)cc1. The molecule has 3 rings (SSSR count). The minimum absolute atomic E-state index is 0.238. The lowest BCUT2D eigenvalue weighted by Gasteiger charge is -2.30. The zero-order valence-corrected chi connectivity index (χ0v) is 12.3. The summed E-state index contributed by atoms with van der Waals surface area (Å²) in [6.45, 7) is 4.86. The molecule has 0 atom stereocenters. The smallest absolute Gasteiger partial charge is 0.226 e. The summed E-state index contributed by atoms with van der Waals surface area (Å²) < 4.78 is 0. The highest BCUT2D eigenvalue weighted by Crippen LogP contribution is 2.31. The fourth-order valence-corrected chi connectivity index (χ4v) is 2.97. The second kappa shape index (κ2) is 5.96. The van der Waals surface area contributed by atoms with Crippen LogP contribution in [0.5, 0.6) is 0 Å². The molecule has 1 saturated carbocycles. The van der Waals surface area contributed by atoms with Gasteiger partial charge in [0.15, 0.2) is 0 Å². The summed E-state index contributed by atoms with van der Waals surface area (Å²) in [5.41, 5.74) is 2.53. The molecule has 1 aliphatic heterocycles. The van der Waals surface area contributed by atoms with Crippen molar-refractivity contribution in [2.24, 2.45) is 5.92 Å². The molecule has 1 saturated heterocycles. The first-order valence-corrected chi connectivity index (χ1v) is 7.81. The van der Waals surface area contributed by atoms with Gasteiger partial charge >= 0.3 is 0 Å². The standard InChI is InChI=1S/C17H24N2O/c1-13-2-4-14(5-3-13)12-19(16-6-7-16)17(20)15-8-10-18-11-9-15/h2-5,15-16,18H,6-12H2,1H3. The first kappa shape index (κ1) is 13.6. The second-order valence-corrected chi connectivity index (χ2v) is 6.21. The summed E-state index contributed by atoms with van der Waals surface area (Å²) in [5, 5.41) is 3.34. The number of carbonyl (C=O) groups excluding carboxylic acids is 1. The minimum atomic E-state index is 0.238. The van der Waals surface area contributed by atoms with E-state index in [1.54, 1.807) is 0 Å². The van der Waals surface area contributed by atoms with Gasteiger partial charge in [-0.1, -0.05) is 29.8 Å². The lowest BCUT2D eigenvalue weighted by molar-refractivity contribution is -0.137. The Hall–Kier alpha value is -1.35. The van der Waals surface area contributed by atoms with E-state index in [2.05, 4.69) is 41.4 Å². The Labute approximate surface area is 121 Å². The van der Waals surface area contributed by atoms with Crippen LogP contribution in [0.2, 0.25) is 0 Å². The van der Waals surface area contributed by atoms with Crippen molar-refractivity contribution in [3.63, 3.8) is 0 Å². The van der Waals surface area contributed by atoms with Crippen molar-refractivity contribution in [2.45, 2.75) is 45.2 Å². The fourth-order valence-electron chi connectivity index (χ4n) is 2.97. The molecule has 2 aliphatic rings. The topological polar surface area (TPSA) is 32.3 Å². The number of benzene rings is 1. The van der Waals surface area contributed by atoms with Gasteiger partial charge in [0.1, 0.15) is 0 Å². The average Bonchev–Trinajstić information content (AvgIpc) is 3.31. The molecule has 1 amide bonds. The highest BCUT2D eigenvalue weighted by molar-refractivity contribution is 5.79. The maximum atomic E-state index is 12.7. The predicted molar refractivity (Wildman–Crippen MR) is 80.3 cm³/mol. The predicted octanol–water partition coefficient (Wildman–Crippen LogP) is 2.49. The van der Waals surface area contributed by atoms with Gasteiger partial charge in [0.05, 0.1) is 0 Å². The Kier molecular flexibility index (Phi) is 4.06. The molecule has 20 heavy (non-hydrogen) atoms. The lowest BCUT2D eigenvalue weighted by Crippen LogP contribution is -2.41. The van der Waals surface area contributed by atoms with Crippen molar-refractivity contribution < 1.29 is 4.79 Å². The first-order chi connectivity index (χ1) is 9.74. The van der Waals surface area contributed by atoms with E-state index in [0.717, 1.165) is 32.5 Å². The number of piperidine rings is 1. The molecule has 0 bridgehead atoms. The molecule has 1 aromatic carbocycles. The van der Waals surface area contributed by atoms with Crippen molar-refractivity contribution in [3.8, 4) is 0 Å². The van der Waals surface area contributed by atoms with Crippen LogP contribution in [0.3, 0.4) is 0 Å². The summed E-state index contributed by atoms with van der Waals surface area (Å²) in [5.74, 6) is 0.622. The largest absolute Gasteiger partial charge is 0.335 e. The first-order valence-electron chi connectivity index (χ1n) is 7.81. The molecule has 0 unspecified atom stereocenters. The van der Waals surface area contributed by atoms with Gasteiger partial charge in [0, 0.05) is 18.5 Å². The van der Waals surface area contributed by atoms with Crippen LogP contribution in [0.15, 0.2) is 24.3 Å². The molecular formula is C17H24N2O. The summed E-state index contributed by atoms with van der Waals surface area (Å²) >= 11 is 0. The van der Waals surface area contributed by atoms with Crippen LogP contribution in [0.25, 0.3) is 0 Å². The van der Waals surface area contributed by atoms with Crippen LogP contribution in [0, 0.1) is 12.8 Å². The van der Waals surface area contributed by atoms with E-state index < -0.39 is 0 Å². The van der Waals surface area contributed by atoms with Crippen LogP contribution in [-0.4, -0.2) is 29.9 Å². The Morgan fingerprint density at radius 1 is 1.15 bits per heavy atom. The second-order valence-electron chi connectivity index (χ2n) is 6.21. The number of amides is 1. The average molecular weight is 272 g/mol. The van der Waals surface area contributed by atoms with Gasteiger partial charge < -0.3 is 10.2 Å². The molecule has 3 nitrogen and oxygen atoms in total. The molecule has 2 fully saturated rings. The third-order valence-electron chi connectivity index (χ3n) is 4.43. The third-order valence-corrected chi connectivity index (χ3v) is 4.43. The van der Waals surface area contributed by atoms with E-state index in [9.17, 15) is 4.79 Å². The Morgan fingerprint density at radius 3 is 2.40 bits per heavy atom. The van der Waals surface area contributed by atoms with Gasteiger partial charge in [-0.15, -0.1) is 0 Å². The van der Waals surface area contributed by atoms with Crippen LogP contribution in [-0.2, 0) is 11.3 Å². The number of hydrogen-bond donors (Lipinski definition) is 1. The minimum Gasteiger partial charge on any atom is -0.335 e. The molecule has 1 heterocycles. The summed E-state index contributed by atoms with van der Waals surface area (Å²) in [6, 6.07) is 9.07. The van der Waals surface area contributed by atoms with E-state index >= 15 is 0 Å². The highest BCUT2D eigenvalue weighted by Gasteiger charge is 2.35. The van der Waals surface area contributed by atoms with Crippen molar-refractivity contribution in [3.05, 3.63) is 35.4 Å². The van der Waals surface area contributed by atoms with Crippen molar-refractivity contribution >= 4 is 5.91 Å². The van der Waals surface area contributed by atoms with E-state index in [1.807, 2.05) is 0 Å². The van der Waals surface area contributed by atoms with E-state index in [-0.39, 0.29) is 5.92 Å². The molecule has 0 aromatic heterocycles. The fraction of sp³-hybridized carbons (Fsp3) is 0.588. The Bertz CT molecular complexity index is 458. The van der Waals surface area contributed by atoms with E-state index in [1.165, 1.54) is 24.0 Å². The number of nitrogens with zero attached hydrogens (tertiary/aromatic N) is 1. The van der Waals surface area contributed by atoms with Crippen LogP contribution >= 0.6 is 0 Å². The Morgan fingerprint density at radius 2 is 1.80 bits per heavy atom. The van der Waals surface area contributed by atoms with E-state index in [4.69, 9.17) is 0 Å². The molecule has 1 aliphatic carbocycles. The number of aryl methyl sites for hydroxylation is 1. The molecule has 0 radical (unpaired) electrons. The number of carbonyl (C=O) groups is 1. The number of nitrogens with one attached hydrogen (secondary N) is 1. The van der Waals surface area contributed by atoms with Crippen LogP contribution in [0.4, 0.5) is 0 Å². The van der Waals surface area contributed by atoms with Crippen LogP contribution in [0.1, 0.15) is 36.8 Å². The van der Waals surface area contributed by atoms with Gasteiger partial charge in [-0.25, -0.2) is 0 Å². The Balaban J connectivity index is 1.68. The maximum absolute atomic E-state index is 12.7. The van der Waals surface area contributed by atoms with Crippen LogP contribution < -0.4 is 5.32 Å². The van der Waals surface area contributed by atoms with Gasteiger partial charge in [0.2, 0.25) is 5.91 Å². The van der Waals surface area contributed by atoms with Gasteiger partial charge in [-0.2, -0.15) is 0 Å². The molecule has 108 valence electrons. The summed E-state index contributed by atoms with van der Waals surface area (Å²) in [6.07, 6.45) is 4.36. The summed E-state index contributed by atoms with van der Waals surface area (Å²) in [7, 11) is 0. The highest BCUT2D eigenvalue weighted by atomic mass is 16.2. The molecule has 1 aromatic rings. The van der Waals surface area contributed by atoms with Crippen molar-refractivity contribution in [1.29, 1.82) is 0 Å². The number of rotatable bonds is 4. The van der Waals surface area contributed by atoms with Gasteiger partial charge in [-0.3, -0.25) is 4.79 Å². The molecular weight excluding hydrogens is 248 g/mol. The third kappa shape index (κ3) is 3.21. The molecule has 0 spiro atoms. The van der Waals surface area contributed by atoms with E-state index in [0.29, 0.717) is 11.9 Å². The molecule has 1 N–H and O–H groups in total. The van der Waals surface area contributed by atoms with Crippen molar-refractivity contribution in [2.75, 3.05) is 13.1 Å². The normalized spacial score (nSPS) is 19.9. The van der Waals surface area contributed by atoms with Crippen molar-refractivity contribution in [1.82, 2.24) is 10.2 Å². The lowest BCUT2D eigenvalue weighted by atomic mass is 9.96.